The molecular formula is C22H45NS. The van der Waals surface area contributed by atoms with E-state index in [1.165, 1.54) is 32.1 Å². The van der Waals surface area contributed by atoms with E-state index < -0.39 is 0 Å². The molecule has 0 radical (unpaired) electrons. The topological polar surface area (TPSA) is 3.24 Å². The second-order valence-corrected chi connectivity index (χ2v) is 12.0. The summed E-state index contributed by atoms with van der Waals surface area (Å²) in [6, 6.07) is 0. The molecule has 1 aliphatic heterocycles. The second-order valence-electron chi connectivity index (χ2n) is 10.9. The Bertz CT molecular complexity index is 378. The maximum Gasteiger partial charge on any atom is 0.0536 e. The van der Waals surface area contributed by atoms with Crippen molar-refractivity contribution in [2.24, 2.45) is 16.7 Å². The molecule has 2 heteroatoms. The fourth-order valence-electron chi connectivity index (χ4n) is 6.80. The Labute approximate surface area is 157 Å². The van der Waals surface area contributed by atoms with Crippen LogP contribution in [0.2, 0.25) is 0 Å². The van der Waals surface area contributed by atoms with E-state index in [-0.39, 0.29) is 11.1 Å². The first-order valence-electron chi connectivity index (χ1n) is 10.0. The highest BCUT2D eigenvalue weighted by atomic mass is 32.2. The van der Waals surface area contributed by atoms with Crippen molar-refractivity contribution in [3.63, 3.8) is 0 Å². The van der Waals surface area contributed by atoms with Crippen LogP contribution in [0.25, 0.3) is 0 Å². The SMILES string of the molecule is CCCCC1C(C)(C)CC(C)(C)N(C(C)SC)C(C)(C)CC1(C)C. The minimum atomic E-state index is 0.219. The summed E-state index contributed by atoms with van der Waals surface area (Å²) in [5.41, 5.74) is 1.18. The monoisotopic (exact) mass is 355 g/mol. The van der Waals surface area contributed by atoms with Crippen LogP contribution in [-0.4, -0.2) is 27.6 Å². The fourth-order valence-corrected chi connectivity index (χ4v) is 7.58. The van der Waals surface area contributed by atoms with Crippen LogP contribution in [0.3, 0.4) is 0 Å². The molecule has 0 saturated carbocycles. The number of hydrogen-bond donors (Lipinski definition) is 0. The van der Waals surface area contributed by atoms with Crippen molar-refractivity contribution in [2.75, 3.05) is 6.26 Å². The Balaban J connectivity index is 3.38. The highest BCUT2D eigenvalue weighted by Crippen LogP contribution is 2.55. The van der Waals surface area contributed by atoms with Gasteiger partial charge in [-0.1, -0.05) is 47.5 Å². The molecule has 1 unspecified atom stereocenters. The molecule has 1 heterocycles. The van der Waals surface area contributed by atoms with Crippen LogP contribution in [-0.2, 0) is 0 Å². The maximum absolute atomic E-state index is 2.82. The van der Waals surface area contributed by atoms with Crippen LogP contribution in [0.5, 0.6) is 0 Å². The van der Waals surface area contributed by atoms with E-state index in [1.807, 2.05) is 11.8 Å². The molecule has 0 bridgehead atoms. The van der Waals surface area contributed by atoms with Crippen molar-refractivity contribution < 1.29 is 0 Å². The van der Waals surface area contributed by atoms with Crippen molar-refractivity contribution in [3.8, 4) is 0 Å². The van der Waals surface area contributed by atoms with Gasteiger partial charge in [0.2, 0.25) is 0 Å². The lowest BCUT2D eigenvalue weighted by Gasteiger charge is -2.61. The van der Waals surface area contributed by atoms with Crippen LogP contribution in [0, 0.1) is 16.7 Å². The molecule has 144 valence electrons. The molecule has 1 atom stereocenters. The van der Waals surface area contributed by atoms with Gasteiger partial charge in [0.1, 0.15) is 0 Å². The van der Waals surface area contributed by atoms with E-state index in [2.05, 4.69) is 80.4 Å². The van der Waals surface area contributed by atoms with Gasteiger partial charge >= 0.3 is 0 Å². The summed E-state index contributed by atoms with van der Waals surface area (Å²) in [7, 11) is 0. The van der Waals surface area contributed by atoms with E-state index in [4.69, 9.17) is 0 Å². The zero-order chi connectivity index (χ0) is 19.0. The predicted molar refractivity (Wildman–Crippen MR) is 113 cm³/mol. The lowest BCUT2D eigenvalue weighted by atomic mass is 9.55. The Morgan fingerprint density at radius 3 is 1.67 bits per heavy atom. The van der Waals surface area contributed by atoms with E-state index in [1.54, 1.807) is 0 Å². The van der Waals surface area contributed by atoms with Crippen LogP contribution in [0.15, 0.2) is 0 Å². The number of hydrogen-bond acceptors (Lipinski definition) is 2. The minimum Gasteiger partial charge on any atom is -0.281 e. The van der Waals surface area contributed by atoms with Gasteiger partial charge < -0.3 is 0 Å². The fraction of sp³-hybridized carbons (Fsp3) is 1.00. The summed E-state index contributed by atoms with van der Waals surface area (Å²) in [5, 5.41) is 0.550. The van der Waals surface area contributed by atoms with E-state index >= 15 is 0 Å². The van der Waals surface area contributed by atoms with Gasteiger partial charge in [-0.3, -0.25) is 4.90 Å². The van der Waals surface area contributed by atoms with Gasteiger partial charge in [0.05, 0.1) is 5.37 Å². The molecule has 1 rings (SSSR count). The van der Waals surface area contributed by atoms with Gasteiger partial charge in [0.25, 0.3) is 0 Å². The predicted octanol–water partition coefficient (Wildman–Crippen LogP) is 7.21. The highest BCUT2D eigenvalue weighted by Gasteiger charge is 2.52. The summed E-state index contributed by atoms with van der Waals surface area (Å²) in [4.78, 5) is 2.82. The average Bonchev–Trinajstić information content (AvgIpc) is 2.33. The zero-order valence-electron chi connectivity index (χ0n) is 18.5. The summed E-state index contributed by atoms with van der Waals surface area (Å²) in [6.07, 6.45) is 8.85. The Kier molecular flexibility index (Phi) is 6.99. The van der Waals surface area contributed by atoms with E-state index in [0.29, 0.717) is 16.2 Å². The summed E-state index contributed by atoms with van der Waals surface area (Å²) in [5.74, 6) is 0.787. The third-order valence-corrected chi connectivity index (χ3v) is 7.41. The standard InChI is InChI=1S/C22H45NS/c1-12-13-14-18-19(3,4)15-21(7,8)23(17(2)24-11)22(9,10)16-20(18,5)6/h17-18H,12-16H2,1-11H3. The first-order valence-corrected chi connectivity index (χ1v) is 11.3. The molecule has 0 aromatic heterocycles. The highest BCUT2D eigenvalue weighted by molar-refractivity contribution is 7.99. The summed E-state index contributed by atoms with van der Waals surface area (Å²) >= 11 is 1.99. The number of likely N-dealkylation sites (tertiary alicyclic amines) is 1. The number of unbranched alkanes of at least 4 members (excludes halogenated alkanes) is 1. The normalized spacial score (nSPS) is 28.1. The molecule has 0 aromatic carbocycles. The summed E-state index contributed by atoms with van der Waals surface area (Å²) in [6.45, 7) is 24.8. The van der Waals surface area contributed by atoms with Crippen LogP contribution >= 0.6 is 11.8 Å². The van der Waals surface area contributed by atoms with Gasteiger partial charge in [0, 0.05) is 11.1 Å². The molecule has 1 nitrogen and oxygen atoms in total. The average molecular weight is 356 g/mol. The number of nitrogens with zero attached hydrogens (tertiary/aromatic N) is 1. The van der Waals surface area contributed by atoms with Crippen LogP contribution in [0.1, 0.15) is 101 Å². The van der Waals surface area contributed by atoms with Crippen molar-refractivity contribution in [2.45, 2.75) is 118 Å². The minimum absolute atomic E-state index is 0.219. The molecule has 0 N–H and O–H groups in total. The maximum atomic E-state index is 2.82. The van der Waals surface area contributed by atoms with Gasteiger partial charge in [-0.2, -0.15) is 0 Å². The number of thioether (sulfide) groups is 1. The van der Waals surface area contributed by atoms with Crippen molar-refractivity contribution >= 4 is 11.8 Å². The molecule has 0 amide bonds. The Morgan fingerprint density at radius 1 is 0.917 bits per heavy atom. The second kappa shape index (κ2) is 7.51. The van der Waals surface area contributed by atoms with Crippen LogP contribution in [0.4, 0.5) is 0 Å². The lowest BCUT2D eigenvalue weighted by molar-refractivity contribution is -0.0996. The van der Waals surface area contributed by atoms with Crippen molar-refractivity contribution in [1.82, 2.24) is 4.90 Å². The summed E-state index contributed by atoms with van der Waals surface area (Å²) < 4.78 is 0. The van der Waals surface area contributed by atoms with E-state index in [0.717, 1.165) is 5.92 Å². The first kappa shape index (κ1) is 22.4. The molecule has 0 spiro atoms. The van der Waals surface area contributed by atoms with Gasteiger partial charge in [-0.15, -0.1) is 11.8 Å². The Morgan fingerprint density at radius 2 is 1.33 bits per heavy atom. The molecule has 1 aliphatic rings. The third-order valence-electron chi connectivity index (χ3n) is 6.52. The molecule has 1 saturated heterocycles. The molecule has 0 aliphatic carbocycles. The van der Waals surface area contributed by atoms with Crippen molar-refractivity contribution in [3.05, 3.63) is 0 Å². The Hall–Kier alpha value is 0.310. The van der Waals surface area contributed by atoms with Gasteiger partial charge in [-0.05, 0) is 76.9 Å². The molecule has 24 heavy (non-hydrogen) atoms. The van der Waals surface area contributed by atoms with E-state index in [9.17, 15) is 0 Å². The quantitative estimate of drug-likeness (QED) is 0.512. The lowest BCUT2D eigenvalue weighted by Crippen LogP contribution is -2.63. The number of rotatable bonds is 5. The smallest absolute Gasteiger partial charge is 0.0536 e. The molecular weight excluding hydrogens is 310 g/mol. The van der Waals surface area contributed by atoms with Gasteiger partial charge in [0.15, 0.2) is 0 Å². The first-order chi connectivity index (χ1) is 10.7. The zero-order valence-corrected chi connectivity index (χ0v) is 19.4. The molecule has 1 fully saturated rings. The van der Waals surface area contributed by atoms with Crippen LogP contribution < -0.4 is 0 Å². The molecule has 0 aromatic rings. The largest absolute Gasteiger partial charge is 0.281 e. The van der Waals surface area contributed by atoms with Crippen molar-refractivity contribution in [1.29, 1.82) is 0 Å². The third kappa shape index (κ3) is 4.72. The van der Waals surface area contributed by atoms with Gasteiger partial charge in [-0.25, -0.2) is 0 Å².